The molecular formula is C20H18ClNO3S. The minimum absolute atomic E-state index is 0.157. The number of hydrogen-bond donors (Lipinski definition) is 1. The Hall–Kier alpha value is -2.50. The van der Waals surface area contributed by atoms with E-state index in [0.29, 0.717) is 22.2 Å². The van der Waals surface area contributed by atoms with Gasteiger partial charge in [0.2, 0.25) is 0 Å². The summed E-state index contributed by atoms with van der Waals surface area (Å²) >= 11 is 6.06. The molecule has 0 aliphatic carbocycles. The molecule has 0 radical (unpaired) electrons. The Morgan fingerprint density at radius 3 is 2.31 bits per heavy atom. The zero-order valence-electron chi connectivity index (χ0n) is 14.4. The molecule has 0 fully saturated rings. The van der Waals surface area contributed by atoms with Crippen molar-refractivity contribution in [3.63, 3.8) is 0 Å². The molecule has 0 saturated heterocycles. The lowest BCUT2D eigenvalue weighted by atomic mass is 10.1. The predicted molar refractivity (Wildman–Crippen MR) is 105 cm³/mol. The van der Waals surface area contributed by atoms with Crippen molar-refractivity contribution >= 4 is 27.3 Å². The normalized spacial score (nSPS) is 11.2. The molecule has 0 atom stereocenters. The molecule has 0 amide bonds. The molecule has 6 heteroatoms. The van der Waals surface area contributed by atoms with Crippen LogP contribution in [-0.2, 0) is 10.0 Å². The Labute approximate surface area is 158 Å². The summed E-state index contributed by atoms with van der Waals surface area (Å²) in [6, 6.07) is 18.9. The van der Waals surface area contributed by atoms with E-state index in [4.69, 9.17) is 16.3 Å². The van der Waals surface area contributed by atoms with Gasteiger partial charge < -0.3 is 4.74 Å². The number of benzene rings is 3. The third-order valence-corrected chi connectivity index (χ3v) is 5.53. The van der Waals surface area contributed by atoms with Crippen molar-refractivity contribution in [2.45, 2.75) is 18.7 Å². The average Bonchev–Trinajstić information content (AvgIpc) is 2.60. The molecule has 0 aliphatic heterocycles. The lowest BCUT2D eigenvalue weighted by molar-refractivity contribution is 0.482. The Morgan fingerprint density at radius 2 is 1.62 bits per heavy atom. The first-order valence-corrected chi connectivity index (χ1v) is 9.84. The average molecular weight is 388 g/mol. The highest BCUT2D eigenvalue weighted by Crippen LogP contribution is 2.29. The van der Waals surface area contributed by atoms with Gasteiger partial charge in [-0.15, -0.1) is 0 Å². The molecule has 0 aromatic heterocycles. The molecule has 26 heavy (non-hydrogen) atoms. The van der Waals surface area contributed by atoms with Crippen LogP contribution in [0.3, 0.4) is 0 Å². The number of rotatable bonds is 5. The van der Waals surface area contributed by atoms with E-state index in [0.717, 1.165) is 11.1 Å². The van der Waals surface area contributed by atoms with Crippen LogP contribution in [0.2, 0.25) is 5.02 Å². The van der Waals surface area contributed by atoms with Gasteiger partial charge in [-0.1, -0.05) is 35.9 Å². The Morgan fingerprint density at radius 1 is 0.923 bits per heavy atom. The van der Waals surface area contributed by atoms with Crippen molar-refractivity contribution in [1.29, 1.82) is 0 Å². The van der Waals surface area contributed by atoms with E-state index in [9.17, 15) is 8.42 Å². The number of anilines is 1. The predicted octanol–water partition coefficient (Wildman–Crippen LogP) is 5.55. The molecule has 0 spiro atoms. The van der Waals surface area contributed by atoms with E-state index < -0.39 is 10.0 Å². The highest BCUT2D eigenvalue weighted by atomic mass is 35.5. The number of ether oxygens (including phenoxy) is 1. The SMILES string of the molecule is Cc1ccc(C)c(NS(=O)(=O)c2ccc(Oc3ccccc3Cl)cc2)c1. The molecule has 0 aliphatic rings. The highest BCUT2D eigenvalue weighted by molar-refractivity contribution is 7.92. The number of para-hydroxylation sites is 1. The van der Waals surface area contributed by atoms with Crippen LogP contribution >= 0.6 is 11.6 Å². The number of nitrogens with one attached hydrogen (secondary N) is 1. The van der Waals surface area contributed by atoms with E-state index in [2.05, 4.69) is 4.72 Å². The third-order valence-electron chi connectivity index (χ3n) is 3.84. The zero-order valence-corrected chi connectivity index (χ0v) is 15.9. The lowest BCUT2D eigenvalue weighted by Gasteiger charge is -2.12. The Kier molecular flexibility index (Phi) is 5.20. The highest BCUT2D eigenvalue weighted by Gasteiger charge is 2.15. The molecule has 0 bridgehead atoms. The molecule has 1 N–H and O–H groups in total. The molecule has 3 aromatic carbocycles. The number of halogens is 1. The van der Waals surface area contributed by atoms with Crippen molar-refractivity contribution in [3.05, 3.63) is 82.9 Å². The standard InChI is InChI=1S/C20H18ClNO3S/c1-14-7-8-15(2)19(13-14)22-26(23,24)17-11-9-16(10-12-17)25-20-6-4-3-5-18(20)21/h3-13,22H,1-2H3. The third kappa shape index (κ3) is 4.18. The molecular weight excluding hydrogens is 370 g/mol. The van der Waals surface area contributed by atoms with Crippen LogP contribution in [0.25, 0.3) is 0 Å². The molecule has 3 rings (SSSR count). The number of aryl methyl sites for hydroxylation is 2. The Bertz CT molecular complexity index is 1030. The smallest absolute Gasteiger partial charge is 0.261 e. The Balaban J connectivity index is 1.81. The summed E-state index contributed by atoms with van der Waals surface area (Å²) in [4.78, 5) is 0.157. The molecule has 0 unspecified atom stereocenters. The fourth-order valence-corrected chi connectivity index (χ4v) is 3.69. The van der Waals surface area contributed by atoms with Crippen LogP contribution in [0.1, 0.15) is 11.1 Å². The first-order chi connectivity index (χ1) is 12.3. The van der Waals surface area contributed by atoms with Crippen LogP contribution in [0.15, 0.2) is 71.6 Å². The van der Waals surface area contributed by atoms with Crippen LogP contribution in [0.5, 0.6) is 11.5 Å². The minimum atomic E-state index is -3.68. The minimum Gasteiger partial charge on any atom is -0.456 e. The van der Waals surface area contributed by atoms with E-state index in [1.165, 1.54) is 12.1 Å². The summed E-state index contributed by atoms with van der Waals surface area (Å²) < 4.78 is 33.5. The molecule has 0 heterocycles. The molecule has 134 valence electrons. The summed E-state index contributed by atoms with van der Waals surface area (Å²) in [5.74, 6) is 1.02. The van der Waals surface area contributed by atoms with Gasteiger partial charge in [-0.2, -0.15) is 0 Å². The first kappa shape index (κ1) is 18.3. The summed E-state index contributed by atoms with van der Waals surface area (Å²) in [5.41, 5.74) is 2.41. The fraction of sp³-hybridized carbons (Fsp3) is 0.100. The van der Waals surface area contributed by atoms with E-state index in [1.807, 2.05) is 44.2 Å². The van der Waals surface area contributed by atoms with Crippen LogP contribution in [0, 0.1) is 13.8 Å². The van der Waals surface area contributed by atoms with Crippen LogP contribution in [-0.4, -0.2) is 8.42 Å². The maximum absolute atomic E-state index is 12.6. The molecule has 0 saturated carbocycles. The summed E-state index contributed by atoms with van der Waals surface area (Å²) in [7, 11) is -3.68. The van der Waals surface area contributed by atoms with Gasteiger partial charge in [0.25, 0.3) is 10.0 Å². The monoisotopic (exact) mass is 387 g/mol. The summed E-state index contributed by atoms with van der Waals surface area (Å²) in [5, 5.41) is 0.487. The van der Waals surface area contributed by atoms with E-state index >= 15 is 0 Å². The van der Waals surface area contributed by atoms with E-state index in [-0.39, 0.29) is 4.90 Å². The lowest BCUT2D eigenvalue weighted by Crippen LogP contribution is -2.13. The molecule has 4 nitrogen and oxygen atoms in total. The van der Waals surface area contributed by atoms with E-state index in [1.54, 1.807) is 24.3 Å². The second kappa shape index (κ2) is 7.40. The second-order valence-corrected chi connectivity index (χ2v) is 8.02. The van der Waals surface area contributed by atoms with Crippen molar-refractivity contribution in [3.8, 4) is 11.5 Å². The quantitative estimate of drug-likeness (QED) is 0.624. The van der Waals surface area contributed by atoms with Gasteiger partial charge in [-0.25, -0.2) is 8.42 Å². The topological polar surface area (TPSA) is 55.4 Å². The van der Waals surface area contributed by atoms with Gasteiger partial charge in [0, 0.05) is 0 Å². The summed E-state index contributed by atoms with van der Waals surface area (Å²) in [6.07, 6.45) is 0. The second-order valence-electron chi connectivity index (χ2n) is 5.93. The number of hydrogen-bond acceptors (Lipinski definition) is 3. The van der Waals surface area contributed by atoms with Gasteiger partial charge in [0.1, 0.15) is 11.5 Å². The zero-order chi connectivity index (χ0) is 18.7. The van der Waals surface area contributed by atoms with Crippen LogP contribution < -0.4 is 9.46 Å². The van der Waals surface area contributed by atoms with Gasteiger partial charge in [0.15, 0.2) is 0 Å². The largest absolute Gasteiger partial charge is 0.456 e. The van der Waals surface area contributed by atoms with Gasteiger partial charge >= 0.3 is 0 Å². The van der Waals surface area contributed by atoms with Crippen molar-refractivity contribution in [2.75, 3.05) is 4.72 Å². The maximum atomic E-state index is 12.6. The van der Waals surface area contributed by atoms with Gasteiger partial charge in [-0.3, -0.25) is 4.72 Å². The fourth-order valence-electron chi connectivity index (χ4n) is 2.39. The van der Waals surface area contributed by atoms with Crippen molar-refractivity contribution in [2.24, 2.45) is 0 Å². The van der Waals surface area contributed by atoms with Crippen molar-refractivity contribution in [1.82, 2.24) is 0 Å². The summed E-state index contributed by atoms with van der Waals surface area (Å²) in [6.45, 7) is 3.77. The number of sulfonamides is 1. The first-order valence-electron chi connectivity index (χ1n) is 7.98. The van der Waals surface area contributed by atoms with Crippen LogP contribution in [0.4, 0.5) is 5.69 Å². The maximum Gasteiger partial charge on any atom is 0.261 e. The van der Waals surface area contributed by atoms with Crippen molar-refractivity contribution < 1.29 is 13.2 Å². The molecule has 3 aromatic rings. The van der Waals surface area contributed by atoms with Gasteiger partial charge in [-0.05, 0) is 67.4 Å². The van der Waals surface area contributed by atoms with Gasteiger partial charge in [0.05, 0.1) is 15.6 Å².